The summed E-state index contributed by atoms with van der Waals surface area (Å²) in [5, 5.41) is 0.481. The van der Waals surface area contributed by atoms with Gasteiger partial charge in [-0.25, -0.2) is 9.97 Å². The Hall–Kier alpha value is -2.18. The predicted molar refractivity (Wildman–Crippen MR) is 109 cm³/mol. The van der Waals surface area contributed by atoms with Crippen molar-refractivity contribution in [3.63, 3.8) is 0 Å². The topological polar surface area (TPSA) is 58.6 Å². The van der Waals surface area contributed by atoms with Crippen LogP contribution >= 0.6 is 11.6 Å². The molecule has 4 rings (SSSR count). The SMILES string of the molecule is Cc1nc2c(c(N3C[C@@H](C)O[C@@H](C)C3)n1)CN(C(=O)c1ccccc1Cl)CC2. The third kappa shape index (κ3) is 3.71. The van der Waals surface area contributed by atoms with Crippen molar-refractivity contribution in [1.29, 1.82) is 0 Å². The van der Waals surface area contributed by atoms with E-state index >= 15 is 0 Å². The number of halogens is 1. The van der Waals surface area contributed by atoms with E-state index < -0.39 is 0 Å². The van der Waals surface area contributed by atoms with Gasteiger partial charge in [0.25, 0.3) is 5.91 Å². The van der Waals surface area contributed by atoms with Crippen LogP contribution in [0.1, 0.15) is 41.3 Å². The molecule has 1 aromatic heterocycles. The second-order valence-electron chi connectivity index (χ2n) is 7.64. The van der Waals surface area contributed by atoms with E-state index in [0.29, 0.717) is 23.7 Å². The van der Waals surface area contributed by atoms with Gasteiger partial charge >= 0.3 is 0 Å². The minimum absolute atomic E-state index is 0.0495. The van der Waals surface area contributed by atoms with Crippen molar-refractivity contribution in [2.45, 2.75) is 45.9 Å². The van der Waals surface area contributed by atoms with Crippen molar-refractivity contribution >= 4 is 23.3 Å². The minimum atomic E-state index is -0.0495. The van der Waals surface area contributed by atoms with Gasteiger partial charge in [-0.1, -0.05) is 23.7 Å². The molecule has 1 amide bonds. The van der Waals surface area contributed by atoms with Gasteiger partial charge in [-0.15, -0.1) is 0 Å². The molecule has 148 valence electrons. The number of amides is 1. The maximum atomic E-state index is 13.1. The number of carbonyl (C=O) groups is 1. The van der Waals surface area contributed by atoms with Crippen molar-refractivity contribution in [3.8, 4) is 0 Å². The number of anilines is 1. The van der Waals surface area contributed by atoms with Crippen LogP contribution in [0.5, 0.6) is 0 Å². The highest BCUT2D eigenvalue weighted by molar-refractivity contribution is 6.33. The predicted octanol–water partition coefficient (Wildman–Crippen LogP) is 3.25. The van der Waals surface area contributed by atoms with Gasteiger partial charge in [0.15, 0.2) is 0 Å². The van der Waals surface area contributed by atoms with Crippen molar-refractivity contribution in [1.82, 2.24) is 14.9 Å². The maximum Gasteiger partial charge on any atom is 0.255 e. The number of hydrogen-bond acceptors (Lipinski definition) is 5. The van der Waals surface area contributed by atoms with Gasteiger partial charge in [0, 0.05) is 31.6 Å². The van der Waals surface area contributed by atoms with Gasteiger partial charge in [-0.3, -0.25) is 4.79 Å². The molecule has 2 aromatic rings. The summed E-state index contributed by atoms with van der Waals surface area (Å²) in [5.41, 5.74) is 2.62. The molecule has 3 heterocycles. The molecule has 0 N–H and O–H groups in total. The van der Waals surface area contributed by atoms with Crippen LogP contribution in [-0.2, 0) is 17.7 Å². The lowest BCUT2D eigenvalue weighted by Gasteiger charge is -2.38. The number of fused-ring (bicyclic) bond motifs is 1. The Morgan fingerprint density at radius 1 is 1.18 bits per heavy atom. The number of benzene rings is 1. The van der Waals surface area contributed by atoms with Gasteiger partial charge in [-0.05, 0) is 32.9 Å². The van der Waals surface area contributed by atoms with Crippen LogP contribution in [0.3, 0.4) is 0 Å². The Morgan fingerprint density at radius 2 is 1.89 bits per heavy atom. The third-order valence-corrected chi connectivity index (χ3v) is 5.59. The number of nitrogens with zero attached hydrogens (tertiary/aromatic N) is 4. The molecule has 0 aliphatic carbocycles. The molecular weight excluding hydrogens is 376 g/mol. The van der Waals surface area contributed by atoms with E-state index in [1.807, 2.05) is 24.0 Å². The molecule has 1 saturated heterocycles. The van der Waals surface area contributed by atoms with Crippen molar-refractivity contribution in [2.75, 3.05) is 24.5 Å². The fourth-order valence-electron chi connectivity index (χ4n) is 4.11. The Balaban J connectivity index is 1.66. The molecule has 2 atom stereocenters. The average molecular weight is 401 g/mol. The molecule has 0 radical (unpaired) electrons. The summed E-state index contributed by atoms with van der Waals surface area (Å²) in [6.45, 7) is 8.78. The van der Waals surface area contributed by atoms with Crippen LogP contribution in [-0.4, -0.2) is 52.6 Å². The van der Waals surface area contributed by atoms with Crippen LogP contribution in [0.2, 0.25) is 5.02 Å². The summed E-state index contributed by atoms with van der Waals surface area (Å²) in [7, 11) is 0. The average Bonchev–Trinajstić information content (AvgIpc) is 2.66. The molecule has 0 bridgehead atoms. The highest BCUT2D eigenvalue weighted by Gasteiger charge is 2.31. The van der Waals surface area contributed by atoms with E-state index in [0.717, 1.165) is 42.4 Å². The third-order valence-electron chi connectivity index (χ3n) is 5.26. The molecule has 7 heteroatoms. The molecule has 2 aliphatic heterocycles. The molecule has 0 unspecified atom stereocenters. The Kier molecular flexibility index (Phi) is 5.25. The number of hydrogen-bond donors (Lipinski definition) is 0. The fourth-order valence-corrected chi connectivity index (χ4v) is 4.32. The van der Waals surface area contributed by atoms with Crippen molar-refractivity contribution in [3.05, 3.63) is 51.9 Å². The molecule has 28 heavy (non-hydrogen) atoms. The van der Waals surface area contributed by atoms with Crippen LogP contribution < -0.4 is 4.90 Å². The Labute approximate surface area is 170 Å². The summed E-state index contributed by atoms with van der Waals surface area (Å²) >= 11 is 6.25. The van der Waals surface area contributed by atoms with Gasteiger partial charge in [0.2, 0.25) is 0 Å². The van der Waals surface area contributed by atoms with Crippen LogP contribution in [0.15, 0.2) is 24.3 Å². The largest absolute Gasteiger partial charge is 0.372 e. The lowest BCUT2D eigenvalue weighted by molar-refractivity contribution is -0.00560. The molecule has 0 saturated carbocycles. The summed E-state index contributed by atoms with van der Waals surface area (Å²) in [4.78, 5) is 26.6. The summed E-state index contributed by atoms with van der Waals surface area (Å²) in [6, 6.07) is 7.20. The van der Waals surface area contributed by atoms with Gasteiger partial charge < -0.3 is 14.5 Å². The normalized spacial score (nSPS) is 22.1. The highest BCUT2D eigenvalue weighted by atomic mass is 35.5. The molecule has 6 nitrogen and oxygen atoms in total. The maximum absolute atomic E-state index is 13.1. The quantitative estimate of drug-likeness (QED) is 0.774. The minimum Gasteiger partial charge on any atom is -0.372 e. The summed E-state index contributed by atoms with van der Waals surface area (Å²) in [6.07, 6.45) is 0.996. The first kappa shape index (κ1) is 19.2. The summed E-state index contributed by atoms with van der Waals surface area (Å²) < 4.78 is 5.88. The van der Waals surface area contributed by atoms with E-state index in [2.05, 4.69) is 23.7 Å². The Morgan fingerprint density at radius 3 is 2.61 bits per heavy atom. The first-order chi connectivity index (χ1) is 13.4. The first-order valence-corrected chi connectivity index (χ1v) is 10.1. The van der Waals surface area contributed by atoms with E-state index in [9.17, 15) is 4.79 Å². The Bertz CT molecular complexity index is 894. The number of ether oxygens (including phenoxy) is 1. The lowest BCUT2D eigenvalue weighted by Crippen LogP contribution is -2.47. The monoisotopic (exact) mass is 400 g/mol. The zero-order valence-electron chi connectivity index (χ0n) is 16.5. The fraction of sp³-hybridized carbons (Fsp3) is 0.476. The highest BCUT2D eigenvalue weighted by Crippen LogP contribution is 2.30. The number of carbonyl (C=O) groups excluding carboxylic acids is 1. The molecule has 2 aliphatic rings. The van der Waals surface area contributed by atoms with Gasteiger partial charge in [0.1, 0.15) is 11.6 Å². The van der Waals surface area contributed by atoms with E-state index in [1.165, 1.54) is 0 Å². The number of morpholine rings is 1. The van der Waals surface area contributed by atoms with E-state index in [1.54, 1.807) is 12.1 Å². The molecule has 1 fully saturated rings. The zero-order valence-corrected chi connectivity index (χ0v) is 17.2. The smallest absolute Gasteiger partial charge is 0.255 e. The number of rotatable bonds is 2. The van der Waals surface area contributed by atoms with Gasteiger partial charge in [-0.2, -0.15) is 0 Å². The lowest BCUT2D eigenvalue weighted by atomic mass is 10.0. The molecular formula is C21H25ClN4O2. The number of aromatic nitrogens is 2. The van der Waals surface area contributed by atoms with Crippen molar-refractivity contribution < 1.29 is 9.53 Å². The van der Waals surface area contributed by atoms with E-state index in [-0.39, 0.29) is 18.1 Å². The standard InChI is InChI=1S/C21H25ClN4O2/c1-13-10-26(11-14(2)28-13)20-17-12-25(9-8-19(17)23-15(3)24-20)21(27)16-6-4-5-7-18(16)22/h4-7,13-14H,8-12H2,1-3H3/t13-,14+. The molecule has 1 aromatic carbocycles. The van der Waals surface area contributed by atoms with Crippen LogP contribution in [0, 0.1) is 6.92 Å². The molecule has 0 spiro atoms. The van der Waals surface area contributed by atoms with Crippen LogP contribution in [0.25, 0.3) is 0 Å². The first-order valence-electron chi connectivity index (χ1n) is 9.73. The zero-order chi connectivity index (χ0) is 19.8. The van der Waals surface area contributed by atoms with Gasteiger partial charge in [0.05, 0.1) is 35.0 Å². The summed E-state index contributed by atoms with van der Waals surface area (Å²) in [5.74, 6) is 1.65. The second kappa shape index (κ2) is 7.68. The van der Waals surface area contributed by atoms with E-state index in [4.69, 9.17) is 21.3 Å². The van der Waals surface area contributed by atoms with Crippen LogP contribution in [0.4, 0.5) is 5.82 Å². The number of aryl methyl sites for hydroxylation is 1. The van der Waals surface area contributed by atoms with Crippen molar-refractivity contribution in [2.24, 2.45) is 0 Å². The second-order valence-corrected chi connectivity index (χ2v) is 8.05.